The van der Waals surface area contributed by atoms with Crippen LogP contribution in [0.1, 0.15) is 57.1 Å². The third-order valence-corrected chi connectivity index (χ3v) is 5.52. The number of halogens is 1. The van der Waals surface area contributed by atoms with Crippen LogP contribution in [0.4, 0.5) is 0 Å². The molecule has 1 N–H and O–H groups in total. The molecule has 0 spiro atoms. The third kappa shape index (κ3) is 4.30. The van der Waals surface area contributed by atoms with Crippen molar-refractivity contribution in [3.63, 3.8) is 0 Å². The molecule has 0 bridgehead atoms. The van der Waals surface area contributed by atoms with Gasteiger partial charge in [0, 0.05) is 17.1 Å². The van der Waals surface area contributed by atoms with E-state index in [-0.39, 0.29) is 6.10 Å². The molecule has 3 rings (SSSR count). The van der Waals surface area contributed by atoms with Crippen LogP contribution in [-0.4, -0.2) is 18.7 Å². The summed E-state index contributed by atoms with van der Waals surface area (Å²) < 4.78 is 7.72. The predicted octanol–water partition coefficient (Wildman–Crippen LogP) is 4.84. The summed E-state index contributed by atoms with van der Waals surface area (Å²) in [7, 11) is 0. The molecule has 2 nitrogen and oxygen atoms in total. The van der Waals surface area contributed by atoms with Gasteiger partial charge >= 0.3 is 0 Å². The first-order valence-electron chi connectivity index (χ1n) is 8.37. The lowest BCUT2D eigenvalue weighted by Crippen LogP contribution is -2.32. The number of nitrogens with one attached hydrogen (secondary N) is 1. The van der Waals surface area contributed by atoms with Crippen molar-refractivity contribution < 1.29 is 4.74 Å². The van der Waals surface area contributed by atoms with Crippen molar-refractivity contribution in [2.24, 2.45) is 5.92 Å². The summed E-state index contributed by atoms with van der Waals surface area (Å²) >= 11 is 3.69. The smallest absolute Gasteiger partial charge is 0.0964 e. The minimum absolute atomic E-state index is 0.159. The van der Waals surface area contributed by atoms with Gasteiger partial charge in [-0.05, 0) is 43.2 Å². The van der Waals surface area contributed by atoms with E-state index in [1.807, 2.05) is 0 Å². The summed E-state index contributed by atoms with van der Waals surface area (Å²) in [6, 6.07) is 9.21. The van der Waals surface area contributed by atoms with E-state index in [1.165, 1.54) is 44.1 Å². The maximum absolute atomic E-state index is 6.56. The lowest BCUT2D eigenvalue weighted by atomic mass is 9.87. The monoisotopic (exact) mass is 351 g/mol. The van der Waals surface area contributed by atoms with Gasteiger partial charge in [-0.15, -0.1) is 0 Å². The first-order valence-corrected chi connectivity index (χ1v) is 9.16. The molecule has 2 aliphatic carbocycles. The van der Waals surface area contributed by atoms with Crippen LogP contribution in [0, 0.1) is 5.92 Å². The first kappa shape index (κ1) is 15.5. The van der Waals surface area contributed by atoms with E-state index >= 15 is 0 Å². The van der Waals surface area contributed by atoms with Gasteiger partial charge in [-0.25, -0.2) is 0 Å². The van der Waals surface area contributed by atoms with E-state index in [4.69, 9.17) is 4.74 Å². The Bertz CT molecular complexity index is 460. The first-order chi connectivity index (χ1) is 10.2. The topological polar surface area (TPSA) is 21.3 Å². The van der Waals surface area contributed by atoms with Gasteiger partial charge in [0.15, 0.2) is 0 Å². The van der Waals surface area contributed by atoms with Crippen molar-refractivity contribution in [1.82, 2.24) is 5.32 Å². The van der Waals surface area contributed by atoms with Crippen LogP contribution in [0.2, 0.25) is 0 Å². The van der Waals surface area contributed by atoms with Gasteiger partial charge in [-0.1, -0.05) is 53.9 Å². The molecule has 0 aromatic heterocycles. The number of rotatable bonds is 6. The highest BCUT2D eigenvalue weighted by atomic mass is 79.9. The number of benzene rings is 1. The standard InChI is InChI=1S/C18H26BrNO/c1-13-6-2-5-9-17(13)21-18(12-20-14-10-11-14)15-7-3-4-8-16(15)19/h3-4,7-8,13-14,17-18,20H,2,5-6,9-12H2,1H3. The minimum atomic E-state index is 0.159. The predicted molar refractivity (Wildman–Crippen MR) is 90.4 cm³/mol. The molecule has 3 heteroatoms. The van der Waals surface area contributed by atoms with Gasteiger partial charge < -0.3 is 10.1 Å². The fraction of sp³-hybridized carbons (Fsp3) is 0.667. The maximum Gasteiger partial charge on any atom is 0.0964 e. The van der Waals surface area contributed by atoms with Crippen LogP contribution in [0.15, 0.2) is 28.7 Å². The average Bonchev–Trinajstić information content (AvgIpc) is 3.30. The van der Waals surface area contributed by atoms with Gasteiger partial charge in [0.25, 0.3) is 0 Å². The molecule has 2 fully saturated rings. The summed E-state index contributed by atoms with van der Waals surface area (Å²) in [5.74, 6) is 0.685. The lowest BCUT2D eigenvalue weighted by Gasteiger charge is -2.33. The van der Waals surface area contributed by atoms with Crippen LogP contribution < -0.4 is 5.32 Å². The van der Waals surface area contributed by atoms with E-state index in [0.29, 0.717) is 12.0 Å². The van der Waals surface area contributed by atoms with E-state index in [2.05, 4.69) is 52.4 Å². The summed E-state index contributed by atoms with van der Waals surface area (Å²) in [6.45, 7) is 3.27. The molecule has 116 valence electrons. The molecule has 0 amide bonds. The summed E-state index contributed by atoms with van der Waals surface area (Å²) in [5.41, 5.74) is 1.28. The summed E-state index contributed by atoms with van der Waals surface area (Å²) in [6.07, 6.45) is 8.41. The van der Waals surface area contributed by atoms with Gasteiger partial charge in [0.05, 0.1) is 12.2 Å². The quantitative estimate of drug-likeness (QED) is 0.791. The fourth-order valence-corrected chi connectivity index (χ4v) is 3.76. The second-order valence-corrected chi connectivity index (χ2v) is 7.48. The van der Waals surface area contributed by atoms with Gasteiger partial charge in [0.2, 0.25) is 0 Å². The minimum Gasteiger partial charge on any atom is -0.369 e. The number of ether oxygens (including phenoxy) is 1. The second kappa shape index (κ2) is 7.26. The molecule has 0 aliphatic heterocycles. The van der Waals surface area contributed by atoms with Crippen molar-refractivity contribution in [1.29, 1.82) is 0 Å². The molecule has 3 atom stereocenters. The van der Waals surface area contributed by atoms with Crippen LogP contribution in [-0.2, 0) is 4.74 Å². The SMILES string of the molecule is CC1CCCCC1OC(CNC1CC1)c1ccccc1Br. The largest absolute Gasteiger partial charge is 0.369 e. The Labute approximate surface area is 136 Å². The fourth-order valence-electron chi connectivity index (χ4n) is 3.22. The van der Waals surface area contributed by atoms with Crippen LogP contribution >= 0.6 is 15.9 Å². The Kier molecular flexibility index (Phi) is 5.36. The van der Waals surface area contributed by atoms with Crippen molar-refractivity contribution in [2.75, 3.05) is 6.54 Å². The Balaban J connectivity index is 1.70. The molecular formula is C18H26BrNO. The molecule has 0 radical (unpaired) electrons. The van der Waals surface area contributed by atoms with Crippen molar-refractivity contribution >= 4 is 15.9 Å². The van der Waals surface area contributed by atoms with E-state index in [9.17, 15) is 0 Å². The molecular weight excluding hydrogens is 326 g/mol. The van der Waals surface area contributed by atoms with Crippen LogP contribution in [0.5, 0.6) is 0 Å². The molecule has 21 heavy (non-hydrogen) atoms. The van der Waals surface area contributed by atoms with Crippen LogP contribution in [0.25, 0.3) is 0 Å². The lowest BCUT2D eigenvalue weighted by molar-refractivity contribution is -0.0568. The van der Waals surface area contributed by atoms with E-state index in [1.54, 1.807) is 0 Å². The highest BCUT2D eigenvalue weighted by Gasteiger charge is 2.28. The highest BCUT2D eigenvalue weighted by molar-refractivity contribution is 9.10. The Morgan fingerprint density at radius 3 is 2.67 bits per heavy atom. The maximum atomic E-state index is 6.56. The zero-order valence-electron chi connectivity index (χ0n) is 12.9. The molecule has 3 unspecified atom stereocenters. The van der Waals surface area contributed by atoms with Gasteiger partial charge in [0.1, 0.15) is 0 Å². The Morgan fingerprint density at radius 1 is 1.19 bits per heavy atom. The number of hydrogen-bond acceptors (Lipinski definition) is 2. The molecule has 0 saturated heterocycles. The third-order valence-electron chi connectivity index (χ3n) is 4.79. The second-order valence-electron chi connectivity index (χ2n) is 6.63. The van der Waals surface area contributed by atoms with Crippen molar-refractivity contribution in [3.05, 3.63) is 34.3 Å². The molecule has 0 heterocycles. The van der Waals surface area contributed by atoms with Crippen molar-refractivity contribution in [3.8, 4) is 0 Å². The van der Waals surface area contributed by atoms with Gasteiger partial charge in [-0.2, -0.15) is 0 Å². The summed E-state index contributed by atoms with van der Waals surface area (Å²) in [5, 5.41) is 3.64. The molecule has 1 aromatic rings. The highest BCUT2D eigenvalue weighted by Crippen LogP contribution is 2.33. The normalized spacial score (nSPS) is 27.5. The van der Waals surface area contributed by atoms with Crippen molar-refractivity contribution in [2.45, 2.75) is 63.7 Å². The van der Waals surface area contributed by atoms with Gasteiger partial charge in [-0.3, -0.25) is 0 Å². The Morgan fingerprint density at radius 2 is 1.95 bits per heavy atom. The zero-order valence-corrected chi connectivity index (χ0v) is 14.4. The molecule has 2 saturated carbocycles. The Hall–Kier alpha value is -0.380. The summed E-state index contributed by atoms with van der Waals surface area (Å²) in [4.78, 5) is 0. The average molecular weight is 352 g/mol. The molecule has 1 aromatic carbocycles. The van der Waals surface area contributed by atoms with E-state index in [0.717, 1.165) is 17.1 Å². The number of hydrogen-bond donors (Lipinski definition) is 1. The molecule has 2 aliphatic rings. The van der Waals surface area contributed by atoms with E-state index < -0.39 is 0 Å². The zero-order chi connectivity index (χ0) is 14.7. The van der Waals surface area contributed by atoms with Crippen LogP contribution in [0.3, 0.4) is 0 Å².